The molecule has 1 aliphatic heterocycles. The zero-order valence-corrected chi connectivity index (χ0v) is 18.6. The van der Waals surface area contributed by atoms with Crippen LogP contribution in [0.15, 0.2) is 48.5 Å². The molecule has 3 heterocycles. The number of nitrogens with zero attached hydrogens (tertiary/aromatic N) is 6. The average molecular weight is 450 g/mol. The minimum Gasteiger partial charge on any atom is -0.341 e. The fraction of sp³-hybridized carbons (Fsp3) is 0.304. The number of rotatable bonds is 4. The highest BCUT2D eigenvalue weighted by molar-refractivity contribution is 6.30. The number of carbonyl (C=O) groups excluding carboxylic acids is 1. The summed E-state index contributed by atoms with van der Waals surface area (Å²) in [6.07, 6.45) is 1.49. The maximum Gasteiger partial charge on any atom is 0.276 e. The Hall–Kier alpha value is -3.39. The second kappa shape index (κ2) is 8.63. The molecule has 0 saturated carbocycles. The van der Waals surface area contributed by atoms with E-state index in [1.165, 1.54) is 0 Å². The molecule has 0 unspecified atom stereocenters. The van der Waals surface area contributed by atoms with Crippen LogP contribution in [0.2, 0.25) is 5.02 Å². The molecular weight excluding hydrogens is 426 g/mol. The Kier molecular flexibility index (Phi) is 5.53. The summed E-state index contributed by atoms with van der Waals surface area (Å²) in [7, 11) is 0. The van der Waals surface area contributed by atoms with Crippen LogP contribution < -0.4 is 4.90 Å². The summed E-state index contributed by atoms with van der Waals surface area (Å²) >= 11 is 6.14. The van der Waals surface area contributed by atoms with Crippen LogP contribution in [0.3, 0.4) is 0 Å². The van der Waals surface area contributed by atoms with E-state index < -0.39 is 0 Å². The van der Waals surface area contributed by atoms with E-state index in [0.29, 0.717) is 36.8 Å². The number of H-pyrrole nitrogens is 1. The van der Waals surface area contributed by atoms with Gasteiger partial charge >= 0.3 is 0 Å². The van der Waals surface area contributed by atoms with Gasteiger partial charge in [0.1, 0.15) is 0 Å². The summed E-state index contributed by atoms with van der Waals surface area (Å²) in [4.78, 5) is 25.5. The van der Waals surface area contributed by atoms with Gasteiger partial charge in [-0.15, -0.1) is 5.10 Å². The van der Waals surface area contributed by atoms with Gasteiger partial charge in [-0.3, -0.25) is 4.79 Å². The third kappa shape index (κ3) is 3.82. The van der Waals surface area contributed by atoms with Crippen LogP contribution >= 0.6 is 11.6 Å². The van der Waals surface area contributed by atoms with Crippen molar-refractivity contribution < 1.29 is 4.79 Å². The molecule has 1 saturated heterocycles. The minimum atomic E-state index is -0.0819. The number of para-hydroxylation sites is 2. The SMILES string of the molecule is CCc1c(C(=O)N2CCCN(c3nc4ccccc4[nH]3)CC2)nnn1-c1cccc(Cl)c1. The number of aromatic amines is 1. The van der Waals surface area contributed by atoms with Gasteiger partial charge in [0, 0.05) is 31.2 Å². The molecular formula is C23H24ClN7O. The van der Waals surface area contributed by atoms with Crippen LogP contribution in [0.25, 0.3) is 16.7 Å². The van der Waals surface area contributed by atoms with Crippen molar-refractivity contribution in [2.45, 2.75) is 19.8 Å². The number of carbonyl (C=O) groups is 1. The first-order chi connectivity index (χ1) is 15.6. The highest BCUT2D eigenvalue weighted by atomic mass is 35.5. The number of hydrogen-bond acceptors (Lipinski definition) is 5. The molecule has 164 valence electrons. The van der Waals surface area contributed by atoms with E-state index in [1.54, 1.807) is 4.68 Å². The first kappa shape index (κ1) is 20.5. The zero-order valence-electron chi connectivity index (χ0n) is 17.8. The van der Waals surface area contributed by atoms with Gasteiger partial charge in [0.05, 0.1) is 22.4 Å². The molecule has 9 heteroatoms. The Labute approximate surface area is 190 Å². The van der Waals surface area contributed by atoms with Crippen molar-refractivity contribution in [1.82, 2.24) is 29.9 Å². The van der Waals surface area contributed by atoms with Gasteiger partial charge in [-0.2, -0.15) is 0 Å². The van der Waals surface area contributed by atoms with Crippen molar-refractivity contribution in [3.63, 3.8) is 0 Å². The van der Waals surface area contributed by atoms with Gasteiger partial charge < -0.3 is 14.8 Å². The van der Waals surface area contributed by atoms with E-state index in [-0.39, 0.29) is 5.91 Å². The maximum absolute atomic E-state index is 13.4. The van der Waals surface area contributed by atoms with Crippen LogP contribution in [-0.4, -0.2) is 61.9 Å². The molecule has 0 radical (unpaired) electrons. The predicted molar refractivity (Wildman–Crippen MR) is 125 cm³/mol. The van der Waals surface area contributed by atoms with Crippen LogP contribution in [-0.2, 0) is 6.42 Å². The van der Waals surface area contributed by atoms with E-state index in [2.05, 4.69) is 20.2 Å². The summed E-state index contributed by atoms with van der Waals surface area (Å²) in [5.41, 5.74) is 3.96. The van der Waals surface area contributed by atoms with Gasteiger partial charge in [0.2, 0.25) is 5.95 Å². The molecule has 0 atom stereocenters. The average Bonchev–Trinajstić information content (AvgIpc) is 3.35. The first-order valence-corrected chi connectivity index (χ1v) is 11.2. The molecule has 2 aromatic carbocycles. The lowest BCUT2D eigenvalue weighted by Crippen LogP contribution is -2.36. The van der Waals surface area contributed by atoms with Crippen molar-refractivity contribution in [3.05, 3.63) is 64.9 Å². The predicted octanol–water partition coefficient (Wildman–Crippen LogP) is 3.71. The lowest BCUT2D eigenvalue weighted by molar-refractivity contribution is 0.0760. The Morgan fingerprint density at radius 3 is 2.78 bits per heavy atom. The quantitative estimate of drug-likeness (QED) is 0.513. The van der Waals surface area contributed by atoms with Crippen LogP contribution in [0.1, 0.15) is 29.5 Å². The van der Waals surface area contributed by atoms with Gasteiger partial charge in [-0.1, -0.05) is 41.9 Å². The van der Waals surface area contributed by atoms with Crippen molar-refractivity contribution in [2.24, 2.45) is 0 Å². The summed E-state index contributed by atoms with van der Waals surface area (Å²) in [5.74, 6) is 0.767. The van der Waals surface area contributed by atoms with E-state index in [0.717, 1.165) is 41.3 Å². The molecule has 5 rings (SSSR count). The normalized spacial score (nSPS) is 14.7. The molecule has 4 aromatic rings. The molecule has 1 aliphatic rings. The molecule has 0 aliphatic carbocycles. The number of imidazole rings is 1. The second-order valence-corrected chi connectivity index (χ2v) is 8.28. The van der Waals surface area contributed by atoms with Crippen LogP contribution in [0, 0.1) is 0 Å². The van der Waals surface area contributed by atoms with Crippen molar-refractivity contribution in [1.29, 1.82) is 0 Å². The number of aromatic nitrogens is 5. The van der Waals surface area contributed by atoms with Crippen molar-refractivity contribution in [3.8, 4) is 5.69 Å². The summed E-state index contributed by atoms with van der Waals surface area (Å²) < 4.78 is 1.71. The fourth-order valence-corrected chi connectivity index (χ4v) is 4.36. The third-order valence-corrected chi connectivity index (χ3v) is 6.05. The molecule has 1 fully saturated rings. The number of benzene rings is 2. The molecule has 0 spiro atoms. The standard InChI is InChI=1S/C23H24ClN7O/c1-2-20-21(27-28-31(20)17-8-5-7-16(24)15-17)22(32)29-11-6-12-30(14-13-29)23-25-18-9-3-4-10-19(18)26-23/h3-5,7-10,15H,2,6,11-14H2,1H3,(H,25,26). The maximum atomic E-state index is 13.4. The number of fused-ring (bicyclic) bond motifs is 1. The Bertz CT molecular complexity index is 1230. The second-order valence-electron chi connectivity index (χ2n) is 7.84. The van der Waals surface area contributed by atoms with E-state index in [1.807, 2.05) is 60.4 Å². The highest BCUT2D eigenvalue weighted by Crippen LogP contribution is 2.21. The smallest absolute Gasteiger partial charge is 0.276 e. The lowest BCUT2D eigenvalue weighted by atomic mass is 10.2. The number of hydrogen-bond donors (Lipinski definition) is 1. The van der Waals surface area contributed by atoms with Gasteiger partial charge in [-0.05, 0) is 43.2 Å². The lowest BCUT2D eigenvalue weighted by Gasteiger charge is -2.21. The monoisotopic (exact) mass is 449 g/mol. The summed E-state index contributed by atoms with van der Waals surface area (Å²) in [6, 6.07) is 15.4. The van der Waals surface area contributed by atoms with Gasteiger partial charge in [-0.25, -0.2) is 9.67 Å². The molecule has 8 nitrogen and oxygen atoms in total. The Morgan fingerprint density at radius 1 is 1.09 bits per heavy atom. The number of nitrogens with one attached hydrogen (secondary N) is 1. The Morgan fingerprint density at radius 2 is 1.97 bits per heavy atom. The van der Waals surface area contributed by atoms with E-state index in [9.17, 15) is 4.79 Å². The van der Waals surface area contributed by atoms with Crippen LogP contribution in [0.5, 0.6) is 0 Å². The van der Waals surface area contributed by atoms with E-state index >= 15 is 0 Å². The molecule has 0 bridgehead atoms. The van der Waals surface area contributed by atoms with Gasteiger partial charge in [0.15, 0.2) is 5.69 Å². The highest BCUT2D eigenvalue weighted by Gasteiger charge is 2.27. The van der Waals surface area contributed by atoms with Crippen molar-refractivity contribution in [2.75, 3.05) is 31.1 Å². The molecule has 2 aromatic heterocycles. The Balaban J connectivity index is 1.35. The molecule has 1 N–H and O–H groups in total. The minimum absolute atomic E-state index is 0.0819. The first-order valence-electron chi connectivity index (χ1n) is 10.8. The number of halogens is 1. The third-order valence-electron chi connectivity index (χ3n) is 5.81. The number of anilines is 1. The van der Waals surface area contributed by atoms with Crippen LogP contribution in [0.4, 0.5) is 5.95 Å². The summed E-state index contributed by atoms with van der Waals surface area (Å²) in [6.45, 7) is 4.81. The van der Waals surface area contributed by atoms with E-state index in [4.69, 9.17) is 16.6 Å². The fourth-order valence-electron chi connectivity index (χ4n) is 4.17. The molecule has 32 heavy (non-hydrogen) atoms. The zero-order chi connectivity index (χ0) is 22.1. The largest absolute Gasteiger partial charge is 0.341 e. The molecule has 1 amide bonds. The van der Waals surface area contributed by atoms with Crippen molar-refractivity contribution >= 4 is 34.5 Å². The van der Waals surface area contributed by atoms with Gasteiger partial charge in [0.25, 0.3) is 5.91 Å². The topological polar surface area (TPSA) is 82.9 Å². The summed E-state index contributed by atoms with van der Waals surface area (Å²) in [5, 5.41) is 9.13. The number of amides is 1.